The van der Waals surface area contributed by atoms with E-state index >= 15 is 0 Å². The lowest BCUT2D eigenvalue weighted by Gasteiger charge is -2.29. The second kappa shape index (κ2) is 9.92. The van der Waals surface area contributed by atoms with E-state index in [-0.39, 0.29) is 30.7 Å². The highest BCUT2D eigenvalue weighted by molar-refractivity contribution is 7.92. The van der Waals surface area contributed by atoms with E-state index < -0.39 is 10.0 Å². The zero-order chi connectivity index (χ0) is 19.9. The van der Waals surface area contributed by atoms with Gasteiger partial charge in [-0.15, -0.1) is 0 Å². The number of carbonyl (C=O) groups is 1. The highest BCUT2D eigenvalue weighted by Gasteiger charge is 2.26. The summed E-state index contributed by atoms with van der Waals surface area (Å²) in [6.45, 7) is 9.12. The summed E-state index contributed by atoms with van der Waals surface area (Å²) in [5.74, 6) is 0.149. The molecule has 0 bridgehead atoms. The van der Waals surface area contributed by atoms with Crippen LogP contribution in [-0.4, -0.2) is 47.4 Å². The number of hydrogen-bond donors (Lipinski definition) is 1. The first-order valence-corrected chi connectivity index (χ1v) is 10.8. The molecule has 0 spiro atoms. The van der Waals surface area contributed by atoms with Gasteiger partial charge in [-0.3, -0.25) is 9.10 Å². The molecule has 26 heavy (non-hydrogen) atoms. The topological polar surface area (TPSA) is 75.7 Å². The Hall–Kier alpha value is -1.60. The van der Waals surface area contributed by atoms with Gasteiger partial charge >= 0.3 is 0 Å². The van der Waals surface area contributed by atoms with Gasteiger partial charge in [0, 0.05) is 26.6 Å². The van der Waals surface area contributed by atoms with E-state index in [4.69, 9.17) is 4.74 Å². The van der Waals surface area contributed by atoms with Crippen LogP contribution in [-0.2, 0) is 19.6 Å². The number of sulfonamides is 1. The van der Waals surface area contributed by atoms with E-state index in [0.717, 1.165) is 11.1 Å². The fraction of sp³-hybridized carbons (Fsp3) is 0.632. The quantitative estimate of drug-likeness (QED) is 0.630. The van der Waals surface area contributed by atoms with Crippen molar-refractivity contribution < 1.29 is 17.9 Å². The maximum Gasteiger partial charge on any atom is 0.232 e. The van der Waals surface area contributed by atoms with E-state index in [1.807, 2.05) is 45.9 Å². The molecule has 0 aliphatic carbocycles. The van der Waals surface area contributed by atoms with Crippen molar-refractivity contribution >= 4 is 21.6 Å². The molecule has 0 aliphatic heterocycles. The van der Waals surface area contributed by atoms with Crippen molar-refractivity contribution in [2.24, 2.45) is 0 Å². The van der Waals surface area contributed by atoms with Crippen LogP contribution in [0.5, 0.6) is 0 Å². The molecular formula is C19H32N2O4S. The molecule has 0 aromatic heterocycles. The van der Waals surface area contributed by atoms with Crippen LogP contribution < -0.4 is 9.62 Å². The molecule has 6 nitrogen and oxygen atoms in total. The minimum atomic E-state index is -3.52. The summed E-state index contributed by atoms with van der Waals surface area (Å²) in [6.07, 6.45) is 1.29. The molecule has 0 unspecified atom stereocenters. The van der Waals surface area contributed by atoms with E-state index in [1.165, 1.54) is 10.6 Å². The Morgan fingerprint density at radius 2 is 1.69 bits per heavy atom. The standard InChI is InChI=1S/C19H32N2O4S/c1-14(2)16-8-7-9-17(15(3)4)19(16)21(26(6,23)24)12-10-18(22)20-11-13-25-5/h7-9,14-15H,10-13H2,1-6H3,(H,20,22). The number of hydrogen-bond acceptors (Lipinski definition) is 4. The van der Waals surface area contributed by atoms with Gasteiger partial charge in [0.1, 0.15) is 0 Å². The number of carbonyl (C=O) groups excluding carboxylic acids is 1. The largest absolute Gasteiger partial charge is 0.383 e. The third kappa shape index (κ3) is 6.29. The maximum atomic E-state index is 12.5. The van der Waals surface area contributed by atoms with Crippen molar-refractivity contribution in [3.63, 3.8) is 0 Å². The lowest BCUT2D eigenvalue weighted by molar-refractivity contribution is -0.121. The van der Waals surface area contributed by atoms with Crippen molar-refractivity contribution in [1.82, 2.24) is 5.32 Å². The number of amides is 1. The van der Waals surface area contributed by atoms with Gasteiger partial charge in [-0.25, -0.2) is 8.42 Å². The average Bonchev–Trinajstić information content (AvgIpc) is 2.53. The summed E-state index contributed by atoms with van der Waals surface area (Å²) in [5.41, 5.74) is 2.66. The first kappa shape index (κ1) is 22.4. The molecule has 0 saturated heterocycles. The first-order chi connectivity index (χ1) is 12.1. The molecule has 0 fully saturated rings. The van der Waals surface area contributed by atoms with Crippen LogP contribution in [0.4, 0.5) is 5.69 Å². The van der Waals surface area contributed by atoms with E-state index in [0.29, 0.717) is 18.8 Å². The molecular weight excluding hydrogens is 352 g/mol. The number of rotatable bonds is 10. The molecule has 1 N–H and O–H groups in total. The summed E-state index contributed by atoms with van der Waals surface area (Å²) < 4.78 is 31.3. The molecule has 1 aromatic rings. The molecule has 0 saturated carbocycles. The number of methoxy groups -OCH3 is 1. The van der Waals surface area contributed by atoms with Crippen LogP contribution in [0.15, 0.2) is 18.2 Å². The molecule has 1 rings (SSSR count). The Bertz CT molecular complexity index is 673. The van der Waals surface area contributed by atoms with E-state index in [9.17, 15) is 13.2 Å². The van der Waals surface area contributed by atoms with Gasteiger partial charge in [0.2, 0.25) is 15.9 Å². The fourth-order valence-corrected chi connectivity index (χ4v) is 3.79. The number of ether oxygens (including phenoxy) is 1. The Labute approximate surface area is 158 Å². The van der Waals surface area contributed by atoms with Gasteiger partial charge in [0.15, 0.2) is 0 Å². The van der Waals surface area contributed by atoms with E-state index in [2.05, 4.69) is 5.32 Å². The Kier molecular flexibility index (Phi) is 8.56. The summed E-state index contributed by atoms with van der Waals surface area (Å²) in [7, 11) is -1.96. The predicted octanol–water partition coefficient (Wildman–Crippen LogP) is 2.85. The van der Waals surface area contributed by atoms with Gasteiger partial charge in [-0.05, 0) is 23.0 Å². The lowest BCUT2D eigenvalue weighted by atomic mass is 9.92. The fourth-order valence-electron chi connectivity index (χ4n) is 2.83. The highest BCUT2D eigenvalue weighted by atomic mass is 32.2. The second-order valence-corrected chi connectivity index (χ2v) is 8.93. The Morgan fingerprint density at radius 1 is 1.15 bits per heavy atom. The number of nitrogens with one attached hydrogen (secondary N) is 1. The van der Waals surface area contributed by atoms with Crippen LogP contribution >= 0.6 is 0 Å². The van der Waals surface area contributed by atoms with Crippen molar-refractivity contribution in [1.29, 1.82) is 0 Å². The van der Waals surface area contributed by atoms with Gasteiger partial charge in [0.25, 0.3) is 0 Å². The third-order valence-corrected chi connectivity index (χ3v) is 5.33. The third-order valence-electron chi connectivity index (χ3n) is 4.16. The van der Waals surface area contributed by atoms with Crippen LogP contribution in [0.1, 0.15) is 57.1 Å². The minimum Gasteiger partial charge on any atom is -0.383 e. The normalized spacial score (nSPS) is 11.8. The number of anilines is 1. The Morgan fingerprint density at radius 3 is 2.12 bits per heavy atom. The summed E-state index contributed by atoms with van der Waals surface area (Å²) in [5, 5.41) is 2.73. The van der Waals surface area contributed by atoms with Gasteiger partial charge < -0.3 is 10.1 Å². The minimum absolute atomic E-state index is 0.0980. The van der Waals surface area contributed by atoms with Crippen molar-refractivity contribution in [2.45, 2.75) is 46.0 Å². The van der Waals surface area contributed by atoms with Crippen molar-refractivity contribution in [2.75, 3.05) is 37.4 Å². The zero-order valence-electron chi connectivity index (χ0n) is 16.7. The van der Waals surface area contributed by atoms with E-state index in [1.54, 1.807) is 7.11 Å². The molecule has 0 radical (unpaired) electrons. The smallest absolute Gasteiger partial charge is 0.232 e. The Balaban J connectivity index is 3.20. The summed E-state index contributed by atoms with van der Waals surface area (Å²) in [4.78, 5) is 12.0. The predicted molar refractivity (Wildman–Crippen MR) is 106 cm³/mol. The monoisotopic (exact) mass is 384 g/mol. The molecule has 0 aliphatic rings. The maximum absolute atomic E-state index is 12.5. The van der Waals surface area contributed by atoms with Gasteiger partial charge in [-0.1, -0.05) is 45.9 Å². The molecule has 1 amide bonds. The number of para-hydroxylation sites is 1. The molecule has 0 atom stereocenters. The van der Waals surface area contributed by atoms with Crippen molar-refractivity contribution in [3.8, 4) is 0 Å². The van der Waals surface area contributed by atoms with Crippen LogP contribution in [0.2, 0.25) is 0 Å². The molecule has 148 valence electrons. The van der Waals surface area contributed by atoms with Crippen molar-refractivity contribution in [3.05, 3.63) is 29.3 Å². The number of nitrogens with zero attached hydrogens (tertiary/aromatic N) is 1. The SMILES string of the molecule is COCCNC(=O)CCN(c1c(C(C)C)cccc1C(C)C)S(C)(=O)=O. The first-order valence-electron chi connectivity index (χ1n) is 8.95. The van der Waals surface area contributed by atoms with Crippen LogP contribution in [0.3, 0.4) is 0 Å². The zero-order valence-corrected chi connectivity index (χ0v) is 17.5. The van der Waals surface area contributed by atoms with Crippen LogP contribution in [0, 0.1) is 0 Å². The lowest BCUT2D eigenvalue weighted by Crippen LogP contribution is -2.36. The molecule has 1 aromatic carbocycles. The van der Waals surface area contributed by atoms with Gasteiger partial charge in [-0.2, -0.15) is 0 Å². The van der Waals surface area contributed by atoms with Crippen LogP contribution in [0.25, 0.3) is 0 Å². The molecule has 0 heterocycles. The average molecular weight is 385 g/mol. The summed E-state index contributed by atoms with van der Waals surface area (Å²) >= 11 is 0. The summed E-state index contributed by atoms with van der Waals surface area (Å²) in [6, 6.07) is 5.89. The highest BCUT2D eigenvalue weighted by Crippen LogP contribution is 2.36. The van der Waals surface area contributed by atoms with Gasteiger partial charge in [0.05, 0.1) is 18.6 Å². The second-order valence-electron chi connectivity index (χ2n) is 7.02. The molecule has 7 heteroatoms. The number of benzene rings is 1.